The molecule has 2 N–H and O–H groups in total. The lowest BCUT2D eigenvalue weighted by Gasteiger charge is -2.33. The number of carbonyl (C=O) groups excluding carboxylic acids is 3. The standard InChI is InChI=1S/C12H14F5NO8S/c1-6(2)8(20)26-11(12(15,16)17,9(21)18-4-7(3)19)25-5-10(13,14)27(22,23)24/h1,4-5H2,2-3H3,(H,18,21)(H,22,23,24). The van der Waals surface area contributed by atoms with Gasteiger partial charge in [-0.1, -0.05) is 6.58 Å². The maximum atomic E-state index is 13.4. The van der Waals surface area contributed by atoms with Crippen LogP contribution >= 0.6 is 0 Å². The number of hydrogen-bond donors (Lipinski definition) is 2. The highest BCUT2D eigenvalue weighted by atomic mass is 32.2. The predicted octanol–water partition coefficient (Wildman–Crippen LogP) is 0.567. The fraction of sp³-hybridized carbons (Fsp3) is 0.583. The number of rotatable bonds is 9. The van der Waals surface area contributed by atoms with Crippen LogP contribution in [0.3, 0.4) is 0 Å². The fourth-order valence-electron chi connectivity index (χ4n) is 1.21. The quantitative estimate of drug-likeness (QED) is 0.179. The van der Waals surface area contributed by atoms with Gasteiger partial charge in [-0.05, 0) is 13.8 Å². The highest BCUT2D eigenvalue weighted by molar-refractivity contribution is 7.86. The molecule has 0 saturated carbocycles. The molecule has 0 aromatic heterocycles. The van der Waals surface area contributed by atoms with Gasteiger partial charge in [0.15, 0.2) is 0 Å². The van der Waals surface area contributed by atoms with E-state index in [2.05, 4.69) is 16.1 Å². The Morgan fingerprint density at radius 3 is 1.93 bits per heavy atom. The topological polar surface area (TPSA) is 136 Å². The predicted molar refractivity (Wildman–Crippen MR) is 75.8 cm³/mol. The summed E-state index contributed by atoms with van der Waals surface area (Å²) in [5.74, 6) is -9.92. The summed E-state index contributed by atoms with van der Waals surface area (Å²) in [4.78, 5) is 34.1. The minimum absolute atomic E-state index is 0.701. The highest BCUT2D eigenvalue weighted by Gasteiger charge is 2.67. The minimum Gasteiger partial charge on any atom is -0.412 e. The SMILES string of the molecule is C=C(C)C(=O)OC(OCC(F)(F)S(=O)(=O)O)(C(=O)NCC(C)=O)C(F)(F)F. The van der Waals surface area contributed by atoms with Gasteiger partial charge >= 0.3 is 39.2 Å². The molecule has 0 aliphatic carbocycles. The Kier molecular flexibility index (Phi) is 7.61. The first-order valence-electron chi connectivity index (χ1n) is 6.59. The Hall–Kier alpha value is -2.13. The second kappa shape index (κ2) is 8.26. The van der Waals surface area contributed by atoms with Gasteiger partial charge in [-0.15, -0.1) is 0 Å². The number of nitrogens with one attached hydrogen (secondary N) is 1. The molecule has 1 atom stereocenters. The molecule has 0 heterocycles. The van der Waals surface area contributed by atoms with Gasteiger partial charge in [-0.25, -0.2) is 4.79 Å². The largest absolute Gasteiger partial charge is 0.466 e. The number of ketones is 1. The van der Waals surface area contributed by atoms with Crippen molar-refractivity contribution >= 4 is 27.8 Å². The Morgan fingerprint density at radius 2 is 1.59 bits per heavy atom. The monoisotopic (exact) mass is 427 g/mol. The number of hydrogen-bond acceptors (Lipinski definition) is 7. The van der Waals surface area contributed by atoms with Crippen molar-refractivity contribution in [3.8, 4) is 0 Å². The Labute approximate surface area is 149 Å². The van der Waals surface area contributed by atoms with Gasteiger partial charge < -0.3 is 14.8 Å². The van der Waals surface area contributed by atoms with Crippen LogP contribution in [0.15, 0.2) is 12.2 Å². The van der Waals surface area contributed by atoms with Gasteiger partial charge in [-0.2, -0.15) is 30.4 Å². The third-order valence-electron chi connectivity index (χ3n) is 2.58. The van der Waals surface area contributed by atoms with Crippen molar-refractivity contribution in [3.63, 3.8) is 0 Å². The van der Waals surface area contributed by atoms with E-state index in [4.69, 9.17) is 4.55 Å². The average Bonchev–Trinajstić information content (AvgIpc) is 2.46. The average molecular weight is 427 g/mol. The number of esters is 1. The van der Waals surface area contributed by atoms with Crippen molar-refractivity contribution in [1.82, 2.24) is 5.32 Å². The van der Waals surface area contributed by atoms with E-state index in [1.807, 2.05) is 0 Å². The minimum atomic E-state index is -6.24. The molecule has 0 aromatic carbocycles. The molecular formula is C12H14F5NO8S. The third kappa shape index (κ3) is 6.21. The zero-order chi connectivity index (χ0) is 21.8. The zero-order valence-corrected chi connectivity index (χ0v) is 14.5. The highest BCUT2D eigenvalue weighted by Crippen LogP contribution is 2.37. The molecule has 0 radical (unpaired) electrons. The molecule has 0 rings (SSSR count). The van der Waals surface area contributed by atoms with E-state index < -0.39 is 63.7 Å². The van der Waals surface area contributed by atoms with Crippen molar-refractivity contribution in [3.05, 3.63) is 12.2 Å². The van der Waals surface area contributed by atoms with E-state index in [-0.39, 0.29) is 0 Å². The van der Waals surface area contributed by atoms with Crippen LogP contribution in [0.4, 0.5) is 22.0 Å². The molecule has 1 unspecified atom stereocenters. The van der Waals surface area contributed by atoms with Crippen molar-refractivity contribution in [2.75, 3.05) is 13.2 Å². The molecule has 9 nitrogen and oxygen atoms in total. The van der Waals surface area contributed by atoms with Gasteiger partial charge in [-0.3, -0.25) is 14.1 Å². The molecule has 0 saturated heterocycles. The summed E-state index contributed by atoms with van der Waals surface area (Å²) < 4.78 is 104. The Morgan fingerprint density at radius 1 is 1.11 bits per heavy atom. The maximum absolute atomic E-state index is 13.4. The van der Waals surface area contributed by atoms with Crippen molar-refractivity contribution in [2.45, 2.75) is 31.1 Å². The lowest BCUT2D eigenvalue weighted by atomic mass is 10.2. The summed E-state index contributed by atoms with van der Waals surface area (Å²) in [6.45, 7) is 0.888. The summed E-state index contributed by atoms with van der Waals surface area (Å²) in [5.41, 5.74) is -0.701. The van der Waals surface area contributed by atoms with Crippen LogP contribution in [0.25, 0.3) is 0 Å². The summed E-state index contributed by atoms with van der Waals surface area (Å²) in [5, 5.41) is -3.94. The summed E-state index contributed by atoms with van der Waals surface area (Å²) in [7, 11) is -6.24. The van der Waals surface area contributed by atoms with E-state index in [1.165, 1.54) is 5.32 Å². The summed E-state index contributed by atoms with van der Waals surface area (Å²) in [6.07, 6.45) is -6.01. The molecule has 0 fully saturated rings. The smallest absolute Gasteiger partial charge is 0.412 e. The van der Waals surface area contributed by atoms with Gasteiger partial charge in [0, 0.05) is 5.57 Å². The lowest BCUT2D eigenvalue weighted by Crippen LogP contribution is -2.63. The number of ether oxygens (including phenoxy) is 2. The Balaban J connectivity index is 6.14. The zero-order valence-electron chi connectivity index (χ0n) is 13.7. The van der Waals surface area contributed by atoms with Gasteiger partial charge in [0.2, 0.25) is 0 Å². The molecule has 156 valence electrons. The second-order valence-electron chi connectivity index (χ2n) is 5.07. The van der Waals surface area contributed by atoms with Crippen molar-refractivity contribution < 1.29 is 58.8 Å². The van der Waals surface area contributed by atoms with E-state index in [9.17, 15) is 44.8 Å². The lowest BCUT2D eigenvalue weighted by molar-refractivity contribution is -0.352. The van der Waals surface area contributed by atoms with Gasteiger partial charge in [0.05, 0.1) is 6.54 Å². The summed E-state index contributed by atoms with van der Waals surface area (Å²) >= 11 is 0. The number of Topliss-reactive ketones (excluding diaryl/α,β-unsaturated/α-hetero) is 1. The molecule has 15 heteroatoms. The van der Waals surface area contributed by atoms with E-state index in [1.54, 1.807) is 0 Å². The van der Waals surface area contributed by atoms with E-state index in [0.717, 1.165) is 13.8 Å². The molecule has 0 aliphatic rings. The molecular weight excluding hydrogens is 413 g/mol. The van der Waals surface area contributed by atoms with Crippen LogP contribution in [-0.4, -0.2) is 61.0 Å². The van der Waals surface area contributed by atoms with E-state index >= 15 is 0 Å². The molecule has 0 aliphatic heterocycles. The van der Waals surface area contributed by atoms with Crippen LogP contribution in [0.2, 0.25) is 0 Å². The van der Waals surface area contributed by atoms with Gasteiger partial charge in [0.25, 0.3) is 0 Å². The molecule has 0 spiro atoms. The van der Waals surface area contributed by atoms with E-state index in [0.29, 0.717) is 0 Å². The fourth-order valence-corrected chi connectivity index (χ4v) is 1.42. The maximum Gasteiger partial charge on any atom is 0.466 e. The first kappa shape index (κ1) is 24.9. The molecule has 0 bridgehead atoms. The summed E-state index contributed by atoms with van der Waals surface area (Å²) in [6, 6.07) is 0. The second-order valence-corrected chi connectivity index (χ2v) is 6.62. The first-order valence-corrected chi connectivity index (χ1v) is 8.03. The normalized spacial score (nSPS) is 14.8. The van der Waals surface area contributed by atoms with Crippen LogP contribution in [0.5, 0.6) is 0 Å². The number of alkyl halides is 5. The first-order chi connectivity index (χ1) is 11.9. The van der Waals surface area contributed by atoms with Crippen LogP contribution in [-0.2, 0) is 34.0 Å². The third-order valence-corrected chi connectivity index (χ3v) is 3.45. The number of carbonyl (C=O) groups is 3. The molecule has 27 heavy (non-hydrogen) atoms. The van der Waals surface area contributed by atoms with Crippen LogP contribution in [0.1, 0.15) is 13.8 Å². The Bertz CT molecular complexity index is 733. The molecule has 1 amide bonds. The number of amides is 1. The van der Waals surface area contributed by atoms with Crippen molar-refractivity contribution in [2.24, 2.45) is 0 Å². The van der Waals surface area contributed by atoms with Crippen molar-refractivity contribution in [1.29, 1.82) is 0 Å². The van der Waals surface area contributed by atoms with Crippen LogP contribution < -0.4 is 5.32 Å². The number of halogens is 5. The molecule has 0 aromatic rings. The van der Waals surface area contributed by atoms with Gasteiger partial charge in [0.1, 0.15) is 12.4 Å². The van der Waals surface area contributed by atoms with Crippen LogP contribution in [0, 0.1) is 0 Å².